The molecular weight excluding hydrogens is 332 g/mol. The summed E-state index contributed by atoms with van der Waals surface area (Å²) in [4.78, 5) is 29.4. The predicted molar refractivity (Wildman–Crippen MR) is 99.8 cm³/mol. The Kier molecular flexibility index (Phi) is 6.83. The fourth-order valence-corrected chi connectivity index (χ4v) is 2.82. The van der Waals surface area contributed by atoms with Crippen molar-refractivity contribution in [2.24, 2.45) is 0 Å². The molecule has 26 heavy (non-hydrogen) atoms. The molecule has 0 aliphatic carbocycles. The quantitative estimate of drug-likeness (QED) is 0.581. The fraction of sp³-hybridized carbons (Fsp3) is 0.400. The first-order chi connectivity index (χ1) is 12.5. The lowest BCUT2D eigenvalue weighted by atomic mass is 10.1. The zero-order valence-electron chi connectivity index (χ0n) is 15.8. The molecule has 0 radical (unpaired) electrons. The van der Waals surface area contributed by atoms with Crippen molar-refractivity contribution in [1.29, 1.82) is 0 Å². The van der Waals surface area contributed by atoms with Gasteiger partial charge in [-0.1, -0.05) is 25.1 Å². The molecule has 1 heterocycles. The third-order valence-electron chi connectivity index (χ3n) is 4.28. The summed E-state index contributed by atoms with van der Waals surface area (Å²) in [5, 5.41) is 0. The summed E-state index contributed by atoms with van der Waals surface area (Å²) < 4.78 is 10.5. The van der Waals surface area contributed by atoms with Crippen molar-refractivity contribution >= 4 is 11.9 Å². The fourth-order valence-electron chi connectivity index (χ4n) is 2.82. The van der Waals surface area contributed by atoms with Gasteiger partial charge in [-0.15, -0.1) is 0 Å². The highest BCUT2D eigenvalue weighted by Crippen LogP contribution is 2.21. The number of amides is 1. The molecule has 0 fully saturated rings. The van der Waals surface area contributed by atoms with E-state index in [0.29, 0.717) is 42.8 Å². The summed E-state index contributed by atoms with van der Waals surface area (Å²) in [6.07, 6.45) is 1.33. The number of aryl methyl sites for hydroxylation is 1. The molecule has 0 aliphatic heterocycles. The summed E-state index contributed by atoms with van der Waals surface area (Å²) in [5.41, 5.74) is 2.25. The first kappa shape index (κ1) is 19.6. The SMILES string of the molecule is CCc1[nH]c(C(=O)N(C)CCCOc2ccccc2)c(C)c1C(=O)OC. The van der Waals surface area contributed by atoms with Crippen LogP contribution < -0.4 is 4.74 Å². The van der Waals surface area contributed by atoms with Gasteiger partial charge in [0, 0.05) is 19.3 Å². The third kappa shape index (κ3) is 4.45. The summed E-state index contributed by atoms with van der Waals surface area (Å²) in [6.45, 7) is 4.77. The smallest absolute Gasteiger partial charge is 0.339 e. The van der Waals surface area contributed by atoms with E-state index in [9.17, 15) is 9.59 Å². The molecule has 0 bridgehead atoms. The van der Waals surface area contributed by atoms with Crippen LogP contribution in [-0.2, 0) is 11.2 Å². The molecule has 1 aromatic carbocycles. The third-order valence-corrected chi connectivity index (χ3v) is 4.28. The van der Waals surface area contributed by atoms with E-state index in [2.05, 4.69) is 4.98 Å². The standard InChI is InChI=1S/C20H26N2O4/c1-5-16-17(20(24)25-4)14(2)18(21-16)19(23)22(3)12-9-13-26-15-10-7-6-8-11-15/h6-8,10-11,21H,5,9,12-13H2,1-4H3. The van der Waals surface area contributed by atoms with Gasteiger partial charge in [0.25, 0.3) is 5.91 Å². The van der Waals surface area contributed by atoms with Crippen LogP contribution in [-0.4, -0.2) is 49.1 Å². The second kappa shape index (κ2) is 9.08. The molecule has 0 saturated carbocycles. The number of para-hydroxylation sites is 1. The molecule has 0 atom stereocenters. The molecule has 1 amide bonds. The summed E-state index contributed by atoms with van der Waals surface area (Å²) in [6, 6.07) is 9.58. The normalized spacial score (nSPS) is 10.5. The van der Waals surface area contributed by atoms with Crippen molar-refractivity contribution in [3.63, 3.8) is 0 Å². The Balaban J connectivity index is 1.97. The Morgan fingerprint density at radius 2 is 1.88 bits per heavy atom. The average Bonchev–Trinajstić information content (AvgIpc) is 3.01. The van der Waals surface area contributed by atoms with Gasteiger partial charge in [-0.2, -0.15) is 0 Å². The number of aromatic amines is 1. The Morgan fingerprint density at radius 3 is 2.50 bits per heavy atom. The van der Waals surface area contributed by atoms with Gasteiger partial charge >= 0.3 is 5.97 Å². The summed E-state index contributed by atoms with van der Waals surface area (Å²) >= 11 is 0. The maximum absolute atomic E-state index is 12.7. The molecule has 0 saturated heterocycles. The predicted octanol–water partition coefficient (Wildman–Crippen LogP) is 3.21. The number of benzene rings is 1. The number of methoxy groups -OCH3 is 1. The number of carbonyl (C=O) groups is 2. The number of ether oxygens (including phenoxy) is 2. The van der Waals surface area contributed by atoms with Crippen LogP contribution in [0, 0.1) is 6.92 Å². The van der Waals surface area contributed by atoms with E-state index in [1.165, 1.54) is 7.11 Å². The zero-order chi connectivity index (χ0) is 19.1. The molecule has 6 heteroatoms. The Hall–Kier alpha value is -2.76. The largest absolute Gasteiger partial charge is 0.494 e. The second-order valence-electron chi connectivity index (χ2n) is 6.07. The van der Waals surface area contributed by atoms with Crippen molar-refractivity contribution < 1.29 is 19.1 Å². The van der Waals surface area contributed by atoms with E-state index in [0.717, 1.165) is 11.4 Å². The maximum Gasteiger partial charge on any atom is 0.339 e. The van der Waals surface area contributed by atoms with Crippen LogP contribution in [0.25, 0.3) is 0 Å². The monoisotopic (exact) mass is 358 g/mol. The maximum atomic E-state index is 12.7. The molecule has 2 aromatic rings. The van der Waals surface area contributed by atoms with E-state index in [1.807, 2.05) is 37.3 Å². The molecular formula is C20H26N2O4. The highest BCUT2D eigenvalue weighted by molar-refractivity contribution is 6.00. The van der Waals surface area contributed by atoms with Gasteiger partial charge < -0.3 is 19.4 Å². The van der Waals surface area contributed by atoms with Crippen LogP contribution in [0.4, 0.5) is 0 Å². The minimum atomic E-state index is -0.423. The van der Waals surface area contributed by atoms with E-state index in [-0.39, 0.29) is 5.91 Å². The lowest BCUT2D eigenvalue weighted by Crippen LogP contribution is -2.29. The molecule has 0 spiro atoms. The molecule has 1 aromatic heterocycles. The summed E-state index contributed by atoms with van der Waals surface area (Å²) in [5.74, 6) is 0.248. The number of esters is 1. The van der Waals surface area contributed by atoms with Gasteiger partial charge in [0.15, 0.2) is 0 Å². The van der Waals surface area contributed by atoms with Gasteiger partial charge in [-0.25, -0.2) is 4.79 Å². The van der Waals surface area contributed by atoms with E-state index >= 15 is 0 Å². The Morgan fingerprint density at radius 1 is 1.19 bits per heavy atom. The molecule has 140 valence electrons. The molecule has 0 unspecified atom stereocenters. The van der Waals surface area contributed by atoms with Crippen molar-refractivity contribution in [3.05, 3.63) is 52.8 Å². The average molecular weight is 358 g/mol. The first-order valence-corrected chi connectivity index (χ1v) is 8.72. The van der Waals surface area contributed by atoms with Crippen molar-refractivity contribution in [2.45, 2.75) is 26.7 Å². The number of rotatable bonds is 8. The molecule has 0 aliphatic rings. The van der Waals surface area contributed by atoms with E-state index < -0.39 is 5.97 Å². The minimum absolute atomic E-state index is 0.146. The van der Waals surface area contributed by atoms with Crippen LogP contribution in [0.2, 0.25) is 0 Å². The summed E-state index contributed by atoms with van der Waals surface area (Å²) in [7, 11) is 3.09. The van der Waals surface area contributed by atoms with Gasteiger partial charge in [-0.05, 0) is 37.5 Å². The van der Waals surface area contributed by atoms with E-state index in [1.54, 1.807) is 18.9 Å². The first-order valence-electron chi connectivity index (χ1n) is 8.72. The number of carbonyl (C=O) groups excluding carboxylic acids is 2. The van der Waals surface area contributed by atoms with Gasteiger partial charge in [-0.3, -0.25) is 4.79 Å². The zero-order valence-corrected chi connectivity index (χ0v) is 15.8. The molecule has 6 nitrogen and oxygen atoms in total. The van der Waals surface area contributed by atoms with Crippen LogP contribution in [0.15, 0.2) is 30.3 Å². The molecule has 1 N–H and O–H groups in total. The minimum Gasteiger partial charge on any atom is -0.494 e. The number of H-pyrrole nitrogens is 1. The lowest BCUT2D eigenvalue weighted by molar-refractivity contribution is 0.0599. The van der Waals surface area contributed by atoms with Crippen molar-refractivity contribution in [2.75, 3.05) is 27.3 Å². The number of nitrogens with one attached hydrogen (secondary N) is 1. The number of hydrogen-bond acceptors (Lipinski definition) is 4. The second-order valence-corrected chi connectivity index (χ2v) is 6.07. The number of nitrogens with zero attached hydrogens (tertiary/aromatic N) is 1. The highest BCUT2D eigenvalue weighted by atomic mass is 16.5. The lowest BCUT2D eigenvalue weighted by Gasteiger charge is -2.17. The molecule has 2 rings (SSSR count). The van der Waals surface area contributed by atoms with Gasteiger partial charge in [0.1, 0.15) is 11.4 Å². The van der Waals surface area contributed by atoms with Crippen LogP contribution in [0.5, 0.6) is 5.75 Å². The topological polar surface area (TPSA) is 71.6 Å². The van der Waals surface area contributed by atoms with Crippen molar-refractivity contribution in [3.8, 4) is 5.75 Å². The van der Waals surface area contributed by atoms with Crippen LogP contribution >= 0.6 is 0 Å². The van der Waals surface area contributed by atoms with E-state index in [4.69, 9.17) is 9.47 Å². The van der Waals surface area contributed by atoms with Gasteiger partial charge in [0.2, 0.25) is 0 Å². The van der Waals surface area contributed by atoms with Gasteiger partial charge in [0.05, 0.1) is 19.3 Å². The number of hydrogen-bond donors (Lipinski definition) is 1. The van der Waals surface area contributed by atoms with Crippen LogP contribution in [0.3, 0.4) is 0 Å². The van der Waals surface area contributed by atoms with Crippen LogP contribution in [0.1, 0.15) is 45.4 Å². The van der Waals surface area contributed by atoms with Crippen molar-refractivity contribution in [1.82, 2.24) is 9.88 Å². The Bertz CT molecular complexity index is 753. The Labute approximate surface area is 154 Å². The highest BCUT2D eigenvalue weighted by Gasteiger charge is 2.25. The number of aromatic nitrogens is 1.